The maximum absolute atomic E-state index is 12.7. The summed E-state index contributed by atoms with van der Waals surface area (Å²) in [4.78, 5) is 18.3. The number of aromatic amines is 1. The van der Waals surface area contributed by atoms with Crippen LogP contribution in [0.3, 0.4) is 0 Å². The number of anilines is 1. The molecule has 2 N–H and O–H groups in total. The number of benzene rings is 2. The van der Waals surface area contributed by atoms with Crippen molar-refractivity contribution < 1.29 is 9.53 Å². The zero-order chi connectivity index (χ0) is 20.5. The van der Waals surface area contributed by atoms with Crippen LogP contribution in [-0.2, 0) is 11.3 Å². The molecular formula is C23H23ClN4O2. The molecule has 0 atom stereocenters. The fourth-order valence-electron chi connectivity index (χ4n) is 3.97. The Kier molecular flexibility index (Phi) is 5.21. The molecule has 2 aromatic carbocycles. The van der Waals surface area contributed by atoms with Crippen molar-refractivity contribution in [3.63, 3.8) is 0 Å². The molecule has 0 aliphatic carbocycles. The molecule has 1 aliphatic rings. The normalized spacial score (nSPS) is 15.1. The van der Waals surface area contributed by atoms with Crippen molar-refractivity contribution in [2.45, 2.75) is 6.54 Å². The van der Waals surface area contributed by atoms with Crippen LogP contribution in [0, 0.1) is 0 Å². The molecule has 5 rings (SSSR count). The number of carbonyl (C=O) groups excluding carboxylic acids is 1. The van der Waals surface area contributed by atoms with Crippen LogP contribution in [0.25, 0.3) is 21.8 Å². The molecule has 30 heavy (non-hydrogen) atoms. The number of rotatable bonds is 5. The van der Waals surface area contributed by atoms with Crippen LogP contribution < -0.4 is 5.32 Å². The number of aromatic nitrogens is 2. The number of hydrogen-bond acceptors (Lipinski definition) is 3. The van der Waals surface area contributed by atoms with E-state index in [2.05, 4.69) is 38.1 Å². The molecule has 4 aromatic rings. The number of carbonyl (C=O) groups is 1. The summed E-state index contributed by atoms with van der Waals surface area (Å²) in [7, 11) is 0. The standard InChI is InChI=1S/C23H23ClN4O2/c24-18-1-3-20-17(13-18)15-21(26-20)23(29)25-19-2-4-22-16(14-19)5-6-28(22)8-7-27-9-11-30-12-10-27/h1-6,13-15,26H,7-12H2,(H,25,29). The van der Waals surface area contributed by atoms with Crippen LogP contribution in [0.15, 0.2) is 54.7 Å². The third kappa shape index (κ3) is 3.94. The molecule has 0 spiro atoms. The molecule has 3 heterocycles. The van der Waals surface area contributed by atoms with Crippen LogP contribution >= 0.6 is 11.6 Å². The number of halogens is 1. The first-order chi connectivity index (χ1) is 14.7. The Labute approximate surface area is 179 Å². The molecule has 7 heteroatoms. The molecule has 0 unspecified atom stereocenters. The lowest BCUT2D eigenvalue weighted by Gasteiger charge is -2.26. The molecule has 1 saturated heterocycles. The first kappa shape index (κ1) is 19.2. The molecule has 0 saturated carbocycles. The number of nitrogens with one attached hydrogen (secondary N) is 2. The number of ether oxygens (including phenoxy) is 1. The van der Waals surface area contributed by atoms with Crippen LogP contribution in [-0.4, -0.2) is 53.2 Å². The summed E-state index contributed by atoms with van der Waals surface area (Å²) in [5.41, 5.74) is 3.34. The van der Waals surface area contributed by atoms with Gasteiger partial charge in [0.15, 0.2) is 0 Å². The van der Waals surface area contributed by atoms with E-state index in [1.807, 2.05) is 30.3 Å². The van der Waals surface area contributed by atoms with E-state index < -0.39 is 0 Å². The quantitative estimate of drug-likeness (QED) is 0.502. The molecule has 154 valence electrons. The smallest absolute Gasteiger partial charge is 0.272 e. The number of fused-ring (bicyclic) bond motifs is 2. The topological polar surface area (TPSA) is 62.3 Å². The fourth-order valence-corrected chi connectivity index (χ4v) is 4.15. The van der Waals surface area contributed by atoms with Gasteiger partial charge in [-0.2, -0.15) is 0 Å². The van der Waals surface area contributed by atoms with E-state index in [1.165, 1.54) is 5.52 Å². The van der Waals surface area contributed by atoms with Crippen molar-refractivity contribution in [2.75, 3.05) is 38.2 Å². The van der Waals surface area contributed by atoms with Gasteiger partial charge in [0.1, 0.15) is 5.69 Å². The van der Waals surface area contributed by atoms with Crippen LogP contribution in [0.4, 0.5) is 5.69 Å². The Morgan fingerprint density at radius 3 is 2.77 bits per heavy atom. The lowest BCUT2D eigenvalue weighted by molar-refractivity contribution is 0.0365. The summed E-state index contributed by atoms with van der Waals surface area (Å²) < 4.78 is 7.68. The maximum Gasteiger partial charge on any atom is 0.272 e. The Hall–Kier alpha value is -2.80. The SMILES string of the molecule is O=C(Nc1ccc2c(ccn2CCN2CCOCC2)c1)c1cc2cc(Cl)ccc2[nH]1. The van der Waals surface area contributed by atoms with E-state index >= 15 is 0 Å². The van der Waals surface area contributed by atoms with Crippen LogP contribution in [0.5, 0.6) is 0 Å². The van der Waals surface area contributed by atoms with Gasteiger partial charge in [0.2, 0.25) is 0 Å². The van der Waals surface area contributed by atoms with Gasteiger partial charge in [-0.3, -0.25) is 9.69 Å². The van der Waals surface area contributed by atoms with Crippen molar-refractivity contribution >= 4 is 45.0 Å². The monoisotopic (exact) mass is 422 g/mol. The van der Waals surface area contributed by atoms with E-state index in [0.717, 1.165) is 61.4 Å². The highest BCUT2D eigenvalue weighted by Gasteiger charge is 2.13. The summed E-state index contributed by atoms with van der Waals surface area (Å²) in [6.45, 7) is 5.57. The third-order valence-corrected chi connectivity index (χ3v) is 5.85. The third-order valence-electron chi connectivity index (χ3n) is 5.62. The van der Waals surface area contributed by atoms with Gasteiger partial charge >= 0.3 is 0 Å². The largest absolute Gasteiger partial charge is 0.379 e. The van der Waals surface area contributed by atoms with Crippen LogP contribution in [0.2, 0.25) is 5.02 Å². The predicted molar refractivity (Wildman–Crippen MR) is 120 cm³/mol. The van der Waals surface area contributed by atoms with Gasteiger partial charge in [0.05, 0.1) is 13.2 Å². The van der Waals surface area contributed by atoms with E-state index in [-0.39, 0.29) is 5.91 Å². The second kappa shape index (κ2) is 8.14. The minimum Gasteiger partial charge on any atom is -0.379 e. The van der Waals surface area contributed by atoms with E-state index in [1.54, 1.807) is 6.07 Å². The Morgan fingerprint density at radius 1 is 1.03 bits per heavy atom. The second-order valence-electron chi connectivity index (χ2n) is 7.61. The highest BCUT2D eigenvalue weighted by atomic mass is 35.5. The highest BCUT2D eigenvalue weighted by Crippen LogP contribution is 2.23. The van der Waals surface area contributed by atoms with Gasteiger partial charge in [0.25, 0.3) is 5.91 Å². The first-order valence-corrected chi connectivity index (χ1v) is 10.5. The summed E-state index contributed by atoms with van der Waals surface area (Å²) in [6.07, 6.45) is 2.11. The van der Waals surface area contributed by atoms with Crippen LogP contribution in [0.1, 0.15) is 10.5 Å². The number of morpholine rings is 1. The summed E-state index contributed by atoms with van der Waals surface area (Å²) in [5.74, 6) is -0.173. The summed E-state index contributed by atoms with van der Waals surface area (Å²) >= 11 is 6.04. The second-order valence-corrected chi connectivity index (χ2v) is 8.04. The zero-order valence-electron chi connectivity index (χ0n) is 16.5. The number of amides is 1. The number of hydrogen-bond donors (Lipinski definition) is 2. The summed E-state index contributed by atoms with van der Waals surface area (Å²) in [5, 5.41) is 5.66. The predicted octanol–water partition coefficient (Wildman–Crippen LogP) is 4.36. The van der Waals surface area contributed by atoms with Gasteiger partial charge in [-0.15, -0.1) is 0 Å². The van der Waals surface area contributed by atoms with Gasteiger partial charge in [-0.1, -0.05) is 11.6 Å². The van der Waals surface area contributed by atoms with Crippen molar-refractivity contribution in [1.82, 2.24) is 14.5 Å². The van der Waals surface area contributed by atoms with E-state index in [0.29, 0.717) is 10.7 Å². The number of H-pyrrole nitrogens is 1. The molecule has 2 aromatic heterocycles. The lowest BCUT2D eigenvalue weighted by atomic mass is 10.2. The van der Waals surface area contributed by atoms with E-state index in [4.69, 9.17) is 16.3 Å². The van der Waals surface area contributed by atoms with Crippen molar-refractivity contribution in [3.05, 3.63) is 65.4 Å². The van der Waals surface area contributed by atoms with Crippen molar-refractivity contribution in [1.29, 1.82) is 0 Å². The Morgan fingerprint density at radius 2 is 1.90 bits per heavy atom. The van der Waals surface area contributed by atoms with Crippen molar-refractivity contribution in [2.24, 2.45) is 0 Å². The maximum atomic E-state index is 12.7. The minimum absolute atomic E-state index is 0.173. The lowest BCUT2D eigenvalue weighted by Crippen LogP contribution is -2.38. The summed E-state index contributed by atoms with van der Waals surface area (Å²) in [6, 6.07) is 15.5. The molecule has 1 aliphatic heterocycles. The first-order valence-electron chi connectivity index (χ1n) is 10.1. The molecule has 0 bridgehead atoms. The Bertz CT molecular complexity index is 1210. The molecular weight excluding hydrogens is 400 g/mol. The molecule has 1 fully saturated rings. The van der Waals surface area contributed by atoms with Gasteiger partial charge in [0, 0.05) is 64.9 Å². The zero-order valence-corrected chi connectivity index (χ0v) is 17.3. The van der Waals surface area contributed by atoms with Gasteiger partial charge < -0.3 is 19.6 Å². The average Bonchev–Trinajstić information content (AvgIpc) is 3.36. The Balaban J connectivity index is 1.29. The number of nitrogens with zero attached hydrogens (tertiary/aromatic N) is 2. The van der Waals surface area contributed by atoms with Gasteiger partial charge in [-0.05, 0) is 48.5 Å². The average molecular weight is 423 g/mol. The molecule has 0 radical (unpaired) electrons. The van der Waals surface area contributed by atoms with Gasteiger partial charge in [-0.25, -0.2) is 0 Å². The molecule has 1 amide bonds. The van der Waals surface area contributed by atoms with E-state index in [9.17, 15) is 4.79 Å². The minimum atomic E-state index is -0.173. The highest BCUT2D eigenvalue weighted by molar-refractivity contribution is 6.31. The van der Waals surface area contributed by atoms with Crippen molar-refractivity contribution in [3.8, 4) is 0 Å². The fraction of sp³-hybridized carbons (Fsp3) is 0.261. The molecule has 6 nitrogen and oxygen atoms in total.